The predicted molar refractivity (Wildman–Crippen MR) is 38.6 cm³/mol. The molecule has 45 valence electrons. The standard InChI is InChI=1S/C7H8O.B/c1-6-4-2-3-5-7(6)8;/h2-5,8H,1H3;. The van der Waals surface area contributed by atoms with Crippen molar-refractivity contribution in [3.8, 4) is 5.75 Å². The summed E-state index contributed by atoms with van der Waals surface area (Å²) in [6, 6.07) is 7.25. The number of phenolic OH excluding ortho intramolecular Hbond substituents is 1. The second kappa shape index (κ2) is 3.18. The van der Waals surface area contributed by atoms with Crippen molar-refractivity contribution in [3.05, 3.63) is 29.8 Å². The highest BCUT2D eigenvalue weighted by Crippen LogP contribution is 2.12. The Kier molecular flexibility index (Phi) is 2.86. The zero-order chi connectivity index (χ0) is 5.98. The Morgan fingerprint density at radius 2 is 1.78 bits per heavy atom. The van der Waals surface area contributed by atoms with E-state index in [2.05, 4.69) is 0 Å². The van der Waals surface area contributed by atoms with Crippen LogP contribution in [0.25, 0.3) is 0 Å². The maximum atomic E-state index is 8.92. The molecule has 0 aliphatic carbocycles. The van der Waals surface area contributed by atoms with Crippen molar-refractivity contribution < 1.29 is 5.11 Å². The second-order valence-electron chi connectivity index (χ2n) is 1.79. The Balaban J connectivity index is 0.000000640. The van der Waals surface area contributed by atoms with Gasteiger partial charge in [-0.1, -0.05) is 18.2 Å². The molecule has 1 N–H and O–H groups in total. The van der Waals surface area contributed by atoms with Crippen molar-refractivity contribution in [2.24, 2.45) is 0 Å². The third kappa shape index (κ3) is 1.80. The zero-order valence-corrected chi connectivity index (χ0v) is 5.33. The van der Waals surface area contributed by atoms with Gasteiger partial charge >= 0.3 is 0 Å². The third-order valence-corrected chi connectivity index (χ3v) is 1.12. The van der Waals surface area contributed by atoms with Crippen LogP contribution in [-0.4, -0.2) is 13.5 Å². The van der Waals surface area contributed by atoms with Crippen molar-refractivity contribution in [2.45, 2.75) is 6.92 Å². The van der Waals surface area contributed by atoms with Crippen LogP contribution in [0.2, 0.25) is 0 Å². The van der Waals surface area contributed by atoms with Crippen LogP contribution < -0.4 is 0 Å². The highest BCUT2D eigenvalue weighted by Gasteiger charge is 1.86. The van der Waals surface area contributed by atoms with E-state index in [0.717, 1.165) is 5.56 Å². The molecule has 0 aliphatic rings. The average molecular weight is 119 g/mol. The Hall–Kier alpha value is -0.915. The summed E-state index contributed by atoms with van der Waals surface area (Å²) in [7, 11) is 0. The van der Waals surface area contributed by atoms with E-state index in [1.807, 2.05) is 25.1 Å². The third-order valence-electron chi connectivity index (χ3n) is 1.12. The molecule has 0 spiro atoms. The fourth-order valence-corrected chi connectivity index (χ4v) is 0.563. The Morgan fingerprint density at radius 3 is 2.11 bits per heavy atom. The van der Waals surface area contributed by atoms with Gasteiger partial charge in [0.15, 0.2) is 0 Å². The molecule has 0 saturated heterocycles. The molecule has 0 atom stereocenters. The molecule has 0 saturated carbocycles. The van der Waals surface area contributed by atoms with Crippen LogP contribution in [0.15, 0.2) is 24.3 Å². The van der Waals surface area contributed by atoms with Crippen molar-refractivity contribution in [1.29, 1.82) is 0 Å². The van der Waals surface area contributed by atoms with Crippen LogP contribution in [0, 0.1) is 6.92 Å². The van der Waals surface area contributed by atoms with Crippen LogP contribution in [-0.2, 0) is 0 Å². The molecule has 3 radical (unpaired) electrons. The first kappa shape index (κ1) is 8.08. The smallest absolute Gasteiger partial charge is 0.118 e. The molecule has 9 heavy (non-hydrogen) atoms. The van der Waals surface area contributed by atoms with Gasteiger partial charge in [0.2, 0.25) is 0 Å². The van der Waals surface area contributed by atoms with Gasteiger partial charge in [-0.25, -0.2) is 0 Å². The van der Waals surface area contributed by atoms with Gasteiger partial charge in [-0.05, 0) is 18.6 Å². The topological polar surface area (TPSA) is 20.2 Å². The van der Waals surface area contributed by atoms with E-state index in [0.29, 0.717) is 5.75 Å². The van der Waals surface area contributed by atoms with Gasteiger partial charge in [0.1, 0.15) is 5.75 Å². The maximum Gasteiger partial charge on any atom is 0.118 e. The number of hydrogen-bond donors (Lipinski definition) is 1. The number of hydrogen-bond acceptors (Lipinski definition) is 1. The molecular weight excluding hydrogens is 111 g/mol. The van der Waals surface area contributed by atoms with Gasteiger partial charge in [-0.15, -0.1) is 0 Å². The lowest BCUT2D eigenvalue weighted by molar-refractivity contribution is 0.471. The SMILES string of the molecule is Cc1ccccc1O.[B]. The number of aryl methyl sites for hydroxylation is 1. The summed E-state index contributed by atoms with van der Waals surface area (Å²) in [5.41, 5.74) is 0.924. The normalized spacial score (nSPS) is 8.11. The van der Waals surface area contributed by atoms with E-state index in [-0.39, 0.29) is 8.41 Å². The molecule has 1 aromatic carbocycles. The minimum absolute atomic E-state index is 0. The molecule has 0 bridgehead atoms. The van der Waals surface area contributed by atoms with Crippen molar-refractivity contribution >= 4 is 8.41 Å². The maximum absolute atomic E-state index is 8.92. The van der Waals surface area contributed by atoms with Gasteiger partial charge in [0, 0.05) is 8.41 Å². The zero-order valence-electron chi connectivity index (χ0n) is 5.33. The van der Waals surface area contributed by atoms with E-state index in [4.69, 9.17) is 5.11 Å². The molecule has 0 heterocycles. The van der Waals surface area contributed by atoms with Crippen molar-refractivity contribution in [3.63, 3.8) is 0 Å². The van der Waals surface area contributed by atoms with Crippen LogP contribution in [0.3, 0.4) is 0 Å². The van der Waals surface area contributed by atoms with E-state index < -0.39 is 0 Å². The largest absolute Gasteiger partial charge is 0.508 e. The van der Waals surface area contributed by atoms with E-state index in [1.54, 1.807) is 6.07 Å². The molecule has 0 aliphatic heterocycles. The Morgan fingerprint density at radius 1 is 1.22 bits per heavy atom. The molecule has 0 unspecified atom stereocenters. The van der Waals surface area contributed by atoms with Gasteiger partial charge in [-0.3, -0.25) is 0 Å². The molecule has 1 rings (SSSR count). The number of phenols is 1. The first-order valence-corrected chi connectivity index (χ1v) is 2.55. The summed E-state index contributed by atoms with van der Waals surface area (Å²) in [5, 5.41) is 8.92. The van der Waals surface area contributed by atoms with E-state index in [1.165, 1.54) is 0 Å². The molecule has 0 fully saturated rings. The lowest BCUT2D eigenvalue weighted by atomic mass is 10.2. The molecule has 2 heteroatoms. The number of benzene rings is 1. The van der Waals surface area contributed by atoms with Crippen LogP contribution >= 0.6 is 0 Å². The highest BCUT2D eigenvalue weighted by molar-refractivity contribution is 5.75. The fourth-order valence-electron chi connectivity index (χ4n) is 0.563. The van der Waals surface area contributed by atoms with Crippen LogP contribution in [0.5, 0.6) is 5.75 Å². The summed E-state index contributed by atoms with van der Waals surface area (Å²) in [4.78, 5) is 0. The summed E-state index contributed by atoms with van der Waals surface area (Å²) in [6.45, 7) is 1.87. The van der Waals surface area contributed by atoms with Crippen LogP contribution in [0.4, 0.5) is 0 Å². The molecule has 1 nitrogen and oxygen atoms in total. The summed E-state index contributed by atoms with van der Waals surface area (Å²) in [6.07, 6.45) is 0. The van der Waals surface area contributed by atoms with Gasteiger partial charge in [0.05, 0.1) is 0 Å². The second-order valence-corrected chi connectivity index (χ2v) is 1.79. The number of para-hydroxylation sites is 1. The van der Waals surface area contributed by atoms with Gasteiger partial charge < -0.3 is 5.11 Å². The summed E-state index contributed by atoms with van der Waals surface area (Å²) < 4.78 is 0. The molecule has 1 aromatic rings. The average Bonchev–Trinajstić information content (AvgIpc) is 1.77. The fraction of sp³-hybridized carbons (Fsp3) is 0.143. The number of rotatable bonds is 0. The monoisotopic (exact) mass is 119 g/mol. The number of aromatic hydroxyl groups is 1. The quantitative estimate of drug-likeness (QED) is 0.510. The van der Waals surface area contributed by atoms with Gasteiger partial charge in [-0.2, -0.15) is 0 Å². The summed E-state index contributed by atoms with van der Waals surface area (Å²) >= 11 is 0. The van der Waals surface area contributed by atoms with Crippen molar-refractivity contribution in [1.82, 2.24) is 0 Å². The molecular formula is C7H8BO. The summed E-state index contributed by atoms with van der Waals surface area (Å²) in [5.74, 6) is 0.368. The highest BCUT2D eigenvalue weighted by atomic mass is 16.3. The molecule has 0 aromatic heterocycles. The van der Waals surface area contributed by atoms with Crippen molar-refractivity contribution in [2.75, 3.05) is 0 Å². The van der Waals surface area contributed by atoms with Crippen LogP contribution in [0.1, 0.15) is 5.56 Å². The minimum Gasteiger partial charge on any atom is -0.508 e. The lowest BCUT2D eigenvalue weighted by Gasteiger charge is -1.92. The first-order valence-electron chi connectivity index (χ1n) is 2.55. The Labute approximate surface area is 56.9 Å². The van der Waals surface area contributed by atoms with Gasteiger partial charge in [0.25, 0.3) is 0 Å². The van der Waals surface area contributed by atoms with E-state index >= 15 is 0 Å². The Bertz CT molecular complexity index is 165. The minimum atomic E-state index is 0. The van der Waals surface area contributed by atoms with E-state index in [9.17, 15) is 0 Å². The first-order chi connectivity index (χ1) is 3.80. The predicted octanol–water partition coefficient (Wildman–Crippen LogP) is 1.32. The molecule has 0 amide bonds. The lowest BCUT2D eigenvalue weighted by Crippen LogP contribution is -1.68.